The van der Waals surface area contributed by atoms with Gasteiger partial charge in [0.1, 0.15) is 0 Å². The van der Waals surface area contributed by atoms with Crippen LogP contribution in [0.2, 0.25) is 0 Å². The van der Waals surface area contributed by atoms with E-state index in [0.717, 1.165) is 0 Å². The topological polar surface area (TPSA) is 221 Å². The largest absolute Gasteiger partial charge is 3.00 e. The van der Waals surface area contributed by atoms with Crippen molar-refractivity contribution in [1.82, 2.24) is 0 Å². The van der Waals surface area contributed by atoms with E-state index in [1.54, 1.807) is 0 Å². The van der Waals surface area contributed by atoms with E-state index in [1.807, 2.05) is 0 Å². The number of rotatable bonds is 0. The van der Waals surface area contributed by atoms with Gasteiger partial charge in [-0.3, -0.25) is 0 Å². The van der Waals surface area contributed by atoms with Gasteiger partial charge < -0.3 is 46.4 Å². The van der Waals surface area contributed by atoms with Crippen molar-refractivity contribution in [3.63, 3.8) is 0 Å². The average Bonchev–Trinajstić information content (AvgIpc) is 1.25. The number of hydrogen-bond acceptors (Lipinski definition) is 6. The summed E-state index contributed by atoms with van der Waals surface area (Å²) in [6.45, 7) is 0. The first-order chi connectivity index (χ1) is 3.46. The minimum Gasteiger partial charge on any atom is -0.652 e. The first kappa shape index (κ1) is 48.9. The van der Waals surface area contributed by atoms with Crippen LogP contribution in [0.15, 0.2) is 0 Å². The Morgan fingerprint density at radius 1 is 0.615 bits per heavy atom. The van der Waals surface area contributed by atoms with Crippen LogP contribution in [0, 0.1) is 71.2 Å². The fraction of sp³-hybridized carbons (Fsp3) is 0. The van der Waals surface area contributed by atoms with Crippen LogP contribution >= 0.6 is 0 Å². The summed E-state index contributed by atoms with van der Waals surface area (Å²) in [5.41, 5.74) is 0. The molecule has 0 radical (unpaired) electrons. The molecule has 0 aromatic rings. The van der Waals surface area contributed by atoms with Gasteiger partial charge in [-0.25, -0.2) is 0 Å². The van der Waals surface area contributed by atoms with Crippen LogP contribution in [0.4, 0.5) is 9.59 Å². The third kappa shape index (κ3) is 2280. The van der Waals surface area contributed by atoms with Crippen LogP contribution < -0.4 is 20.4 Å². The first-order valence-electron chi connectivity index (χ1n) is 1.22. The Bertz CT molecular complexity index is 73.6. The van der Waals surface area contributed by atoms with Crippen LogP contribution in [-0.2, 0) is 0 Å². The molecule has 0 rings (SSSR count). The average molecular weight is 452 g/mol. The quantitative estimate of drug-likeness (QED) is 0.347. The zero-order valence-electron chi connectivity index (χ0n) is 6.10. The normalized spacial score (nSPS) is 3.69. The predicted octanol–water partition coefficient (Wildman–Crippen LogP) is -7.37. The SMILES string of the molecule is O.O.O.O=C([O-])[O-].O=C([O-])[O-].[La+3].[La+3]. The number of carbonyl (C=O) groups is 2. The van der Waals surface area contributed by atoms with Crippen molar-refractivity contribution in [3.8, 4) is 0 Å². The summed E-state index contributed by atoms with van der Waals surface area (Å²) in [4.78, 5) is 16.7. The van der Waals surface area contributed by atoms with E-state index in [1.165, 1.54) is 0 Å². The van der Waals surface area contributed by atoms with E-state index < -0.39 is 12.3 Å². The summed E-state index contributed by atoms with van der Waals surface area (Å²) in [6.07, 6.45) is -4.67. The molecule has 0 aliphatic carbocycles. The first-order valence-corrected chi connectivity index (χ1v) is 1.22. The molecule has 0 bridgehead atoms. The maximum absolute atomic E-state index is 8.33. The predicted molar refractivity (Wildman–Crippen MR) is 21.6 cm³/mol. The Balaban J connectivity index is -0.00000000800. The van der Waals surface area contributed by atoms with Gasteiger partial charge in [0.15, 0.2) is 0 Å². The molecule has 6 N–H and O–H groups in total. The van der Waals surface area contributed by atoms with Crippen molar-refractivity contribution in [3.05, 3.63) is 0 Å². The van der Waals surface area contributed by atoms with Crippen molar-refractivity contribution < 1.29 is 118 Å². The fourth-order valence-corrected chi connectivity index (χ4v) is 0. The summed E-state index contributed by atoms with van der Waals surface area (Å²) >= 11 is 0. The molecule has 0 fully saturated rings. The number of carboxylic acid groups (broad SMARTS) is 4. The minimum atomic E-state index is -2.33. The molecule has 9 nitrogen and oxygen atoms in total. The third-order valence-electron chi connectivity index (χ3n) is 0. The molecular weight excluding hydrogens is 446 g/mol. The van der Waals surface area contributed by atoms with Crippen molar-refractivity contribution in [1.29, 1.82) is 0 Å². The number of carbonyl (C=O) groups excluding carboxylic acids is 2. The summed E-state index contributed by atoms with van der Waals surface area (Å²) in [7, 11) is 0. The van der Waals surface area contributed by atoms with Gasteiger partial charge in [0.2, 0.25) is 0 Å². The van der Waals surface area contributed by atoms with Crippen LogP contribution in [0.5, 0.6) is 0 Å². The molecular formula is C2H6La2O9+2. The maximum atomic E-state index is 8.33. The molecule has 72 valence electrons. The third-order valence-corrected chi connectivity index (χ3v) is 0. The van der Waals surface area contributed by atoms with E-state index in [0.29, 0.717) is 0 Å². The molecule has 0 aromatic carbocycles. The van der Waals surface area contributed by atoms with E-state index >= 15 is 0 Å². The van der Waals surface area contributed by atoms with Gasteiger partial charge in [0.05, 0.1) is 0 Å². The molecule has 0 saturated heterocycles. The smallest absolute Gasteiger partial charge is 0.652 e. The summed E-state index contributed by atoms with van der Waals surface area (Å²) in [5, 5.41) is 33.3. The van der Waals surface area contributed by atoms with E-state index in [2.05, 4.69) is 0 Å². The van der Waals surface area contributed by atoms with E-state index in [4.69, 9.17) is 30.0 Å². The molecule has 0 heterocycles. The minimum absolute atomic E-state index is 0. The summed E-state index contributed by atoms with van der Waals surface area (Å²) in [5.74, 6) is 0. The zero-order chi connectivity index (χ0) is 7.15. The second kappa shape index (κ2) is 38.5. The Kier molecular flexibility index (Phi) is 145. The van der Waals surface area contributed by atoms with E-state index in [-0.39, 0.29) is 87.6 Å². The van der Waals surface area contributed by atoms with Crippen molar-refractivity contribution >= 4 is 12.3 Å². The van der Waals surface area contributed by atoms with Gasteiger partial charge in [-0.1, -0.05) is 0 Å². The molecule has 0 aliphatic heterocycles. The monoisotopic (exact) mass is 452 g/mol. The van der Waals surface area contributed by atoms with Gasteiger partial charge in [0.25, 0.3) is 0 Å². The molecule has 0 aromatic heterocycles. The second-order valence-electron chi connectivity index (χ2n) is 0.500. The Hall–Kier alpha value is 0.810. The van der Waals surface area contributed by atoms with E-state index in [9.17, 15) is 0 Å². The van der Waals surface area contributed by atoms with Crippen LogP contribution in [0.25, 0.3) is 0 Å². The van der Waals surface area contributed by atoms with Crippen molar-refractivity contribution in [2.45, 2.75) is 0 Å². The Morgan fingerprint density at radius 2 is 0.615 bits per heavy atom. The van der Waals surface area contributed by atoms with Crippen LogP contribution in [-0.4, -0.2) is 28.7 Å². The Morgan fingerprint density at radius 3 is 0.615 bits per heavy atom. The molecule has 0 amide bonds. The molecule has 0 spiro atoms. The van der Waals surface area contributed by atoms with Crippen LogP contribution in [0.1, 0.15) is 0 Å². The fourth-order valence-electron chi connectivity index (χ4n) is 0. The van der Waals surface area contributed by atoms with Gasteiger partial charge in [0, 0.05) is 0 Å². The van der Waals surface area contributed by atoms with Gasteiger partial charge in [-0.2, -0.15) is 0 Å². The summed E-state index contributed by atoms with van der Waals surface area (Å²) in [6, 6.07) is 0. The summed E-state index contributed by atoms with van der Waals surface area (Å²) < 4.78 is 0. The number of hydrogen-bond donors (Lipinski definition) is 0. The molecule has 13 heavy (non-hydrogen) atoms. The van der Waals surface area contributed by atoms with Crippen LogP contribution in [0.3, 0.4) is 0 Å². The maximum Gasteiger partial charge on any atom is 3.00 e. The van der Waals surface area contributed by atoms with Gasteiger partial charge in [-0.15, -0.1) is 0 Å². The molecule has 0 atom stereocenters. The molecule has 0 unspecified atom stereocenters. The molecule has 0 aliphatic rings. The Labute approximate surface area is 128 Å². The van der Waals surface area contributed by atoms with Gasteiger partial charge >= 0.3 is 71.2 Å². The molecule has 0 saturated carbocycles. The van der Waals surface area contributed by atoms with Crippen molar-refractivity contribution in [2.24, 2.45) is 0 Å². The van der Waals surface area contributed by atoms with Crippen molar-refractivity contribution in [2.75, 3.05) is 0 Å². The van der Waals surface area contributed by atoms with Gasteiger partial charge in [-0.05, 0) is 12.3 Å². The second-order valence-corrected chi connectivity index (χ2v) is 0.500. The zero-order valence-corrected chi connectivity index (χ0v) is 13.4. The standard InChI is InChI=1S/2CH2O3.2La.3H2O/c2*2-1(3)4;;;;;/h2*(H2,2,3,4);;;3*1H2/q;;2*+3;;;/p-4. The molecule has 11 heteroatoms.